The summed E-state index contributed by atoms with van der Waals surface area (Å²) in [7, 11) is 1.89. The Labute approximate surface area is 125 Å². The van der Waals surface area contributed by atoms with E-state index in [9.17, 15) is 0 Å². The summed E-state index contributed by atoms with van der Waals surface area (Å²) in [4.78, 5) is 11.9. The Balaban J connectivity index is 1.84. The summed E-state index contributed by atoms with van der Waals surface area (Å²) in [5, 5.41) is 3.17. The van der Waals surface area contributed by atoms with Gasteiger partial charge in [0.25, 0.3) is 0 Å². The summed E-state index contributed by atoms with van der Waals surface area (Å²) in [5.74, 6) is 1.69. The largest absolute Gasteiger partial charge is 0.376 e. The third kappa shape index (κ3) is 3.17. The van der Waals surface area contributed by atoms with Gasteiger partial charge in [0.1, 0.15) is 11.9 Å². The maximum absolute atomic E-state index is 5.91. The summed E-state index contributed by atoms with van der Waals surface area (Å²) in [6.45, 7) is 7.28. The molecule has 1 aromatic rings. The van der Waals surface area contributed by atoms with Gasteiger partial charge in [-0.05, 0) is 13.0 Å². The number of aromatic nitrogens is 2. The standard InChI is InChI=1S/C15H24N4O2/c1-3-5-19-6-8-21-13(9-19)15-17-12-4-7-20-10-11(12)14(16-2)18-15/h13H,3-10H2,1-2H3,(H,16,17,18). The molecule has 1 N–H and O–H groups in total. The van der Waals surface area contributed by atoms with Crippen LogP contribution in [0, 0.1) is 0 Å². The minimum atomic E-state index is -0.0226. The number of morpholine rings is 1. The van der Waals surface area contributed by atoms with E-state index in [1.54, 1.807) is 0 Å². The quantitative estimate of drug-likeness (QED) is 0.904. The van der Waals surface area contributed by atoms with E-state index in [-0.39, 0.29) is 6.10 Å². The highest BCUT2D eigenvalue weighted by Gasteiger charge is 2.26. The van der Waals surface area contributed by atoms with Crippen LogP contribution in [0.1, 0.15) is 36.5 Å². The third-order valence-electron chi connectivity index (χ3n) is 4.05. The van der Waals surface area contributed by atoms with Crippen molar-refractivity contribution in [2.75, 3.05) is 45.2 Å². The highest BCUT2D eigenvalue weighted by molar-refractivity contribution is 5.46. The van der Waals surface area contributed by atoms with E-state index in [0.717, 1.165) is 68.6 Å². The van der Waals surface area contributed by atoms with Crippen molar-refractivity contribution in [1.82, 2.24) is 14.9 Å². The van der Waals surface area contributed by atoms with E-state index >= 15 is 0 Å². The van der Waals surface area contributed by atoms with Crippen molar-refractivity contribution in [1.29, 1.82) is 0 Å². The highest BCUT2D eigenvalue weighted by atomic mass is 16.5. The van der Waals surface area contributed by atoms with E-state index in [1.165, 1.54) is 0 Å². The van der Waals surface area contributed by atoms with Crippen LogP contribution in [0.5, 0.6) is 0 Å². The maximum atomic E-state index is 5.91. The van der Waals surface area contributed by atoms with Crippen LogP contribution in [0.15, 0.2) is 0 Å². The monoisotopic (exact) mass is 292 g/mol. The minimum absolute atomic E-state index is 0.0226. The van der Waals surface area contributed by atoms with E-state index < -0.39 is 0 Å². The van der Waals surface area contributed by atoms with Gasteiger partial charge in [-0.3, -0.25) is 4.90 Å². The number of ether oxygens (including phenoxy) is 2. The summed E-state index contributed by atoms with van der Waals surface area (Å²) in [5.41, 5.74) is 2.19. The number of fused-ring (bicyclic) bond motifs is 1. The van der Waals surface area contributed by atoms with Gasteiger partial charge in [-0.2, -0.15) is 0 Å². The number of hydrogen-bond donors (Lipinski definition) is 1. The number of hydrogen-bond acceptors (Lipinski definition) is 6. The Morgan fingerprint density at radius 1 is 1.33 bits per heavy atom. The smallest absolute Gasteiger partial charge is 0.161 e. The average molecular weight is 292 g/mol. The van der Waals surface area contributed by atoms with E-state index in [0.29, 0.717) is 6.61 Å². The second-order valence-corrected chi connectivity index (χ2v) is 5.57. The summed E-state index contributed by atoms with van der Waals surface area (Å²) in [6.07, 6.45) is 1.99. The Hall–Kier alpha value is -1.24. The van der Waals surface area contributed by atoms with Crippen molar-refractivity contribution in [2.24, 2.45) is 0 Å². The third-order valence-corrected chi connectivity index (χ3v) is 4.05. The molecule has 1 fully saturated rings. The van der Waals surface area contributed by atoms with E-state index in [2.05, 4.69) is 22.1 Å². The molecule has 1 aromatic heterocycles. The van der Waals surface area contributed by atoms with Gasteiger partial charge < -0.3 is 14.8 Å². The number of anilines is 1. The van der Waals surface area contributed by atoms with Crippen LogP contribution < -0.4 is 5.32 Å². The van der Waals surface area contributed by atoms with Gasteiger partial charge in [0.2, 0.25) is 0 Å². The highest BCUT2D eigenvalue weighted by Crippen LogP contribution is 2.26. The Morgan fingerprint density at radius 3 is 3.05 bits per heavy atom. The molecule has 3 rings (SSSR count). The van der Waals surface area contributed by atoms with Crippen molar-refractivity contribution in [3.05, 3.63) is 17.1 Å². The molecule has 0 radical (unpaired) electrons. The zero-order valence-corrected chi connectivity index (χ0v) is 12.9. The van der Waals surface area contributed by atoms with Gasteiger partial charge in [0.05, 0.1) is 25.5 Å². The topological polar surface area (TPSA) is 59.5 Å². The molecule has 116 valence electrons. The predicted octanol–water partition coefficient (Wildman–Crippen LogP) is 1.37. The van der Waals surface area contributed by atoms with Crippen LogP contribution in [-0.2, 0) is 22.5 Å². The molecule has 0 aromatic carbocycles. The van der Waals surface area contributed by atoms with Gasteiger partial charge in [-0.25, -0.2) is 9.97 Å². The molecule has 1 atom stereocenters. The van der Waals surface area contributed by atoms with E-state index in [4.69, 9.17) is 14.5 Å². The van der Waals surface area contributed by atoms with Crippen LogP contribution in [-0.4, -0.2) is 54.8 Å². The fourth-order valence-electron chi connectivity index (χ4n) is 2.98. The fourth-order valence-corrected chi connectivity index (χ4v) is 2.98. The molecular weight excluding hydrogens is 268 g/mol. The first-order valence-electron chi connectivity index (χ1n) is 7.81. The maximum Gasteiger partial charge on any atom is 0.161 e. The van der Waals surface area contributed by atoms with Crippen LogP contribution in [0.3, 0.4) is 0 Å². The summed E-state index contributed by atoms with van der Waals surface area (Å²) >= 11 is 0. The van der Waals surface area contributed by atoms with Gasteiger partial charge in [0.15, 0.2) is 5.82 Å². The van der Waals surface area contributed by atoms with Crippen molar-refractivity contribution in [2.45, 2.75) is 32.5 Å². The second-order valence-electron chi connectivity index (χ2n) is 5.57. The Morgan fingerprint density at radius 2 is 2.24 bits per heavy atom. The average Bonchev–Trinajstić information content (AvgIpc) is 2.54. The van der Waals surface area contributed by atoms with Crippen molar-refractivity contribution < 1.29 is 9.47 Å². The fraction of sp³-hybridized carbons (Fsp3) is 0.733. The predicted molar refractivity (Wildman–Crippen MR) is 80.4 cm³/mol. The minimum Gasteiger partial charge on any atom is -0.376 e. The zero-order valence-electron chi connectivity index (χ0n) is 12.9. The second kappa shape index (κ2) is 6.68. The number of nitrogens with one attached hydrogen (secondary N) is 1. The molecule has 0 bridgehead atoms. The lowest BCUT2D eigenvalue weighted by Crippen LogP contribution is -2.39. The van der Waals surface area contributed by atoms with Crippen molar-refractivity contribution in [3.63, 3.8) is 0 Å². The first-order valence-corrected chi connectivity index (χ1v) is 7.81. The van der Waals surface area contributed by atoms with E-state index in [1.807, 2.05) is 7.05 Å². The molecule has 3 heterocycles. The molecule has 6 heteroatoms. The molecular formula is C15H24N4O2. The SMILES string of the molecule is CCCN1CCOC(c2nc3c(c(NC)n2)COCC3)C1. The van der Waals surface area contributed by atoms with Gasteiger partial charge in [-0.1, -0.05) is 6.92 Å². The van der Waals surface area contributed by atoms with Crippen LogP contribution in [0.2, 0.25) is 0 Å². The number of rotatable bonds is 4. The van der Waals surface area contributed by atoms with Crippen molar-refractivity contribution in [3.8, 4) is 0 Å². The van der Waals surface area contributed by atoms with Crippen LogP contribution in [0.25, 0.3) is 0 Å². The molecule has 0 spiro atoms. The van der Waals surface area contributed by atoms with Gasteiger partial charge in [0, 0.05) is 32.1 Å². The molecule has 0 aliphatic carbocycles. The normalized spacial score (nSPS) is 22.9. The molecule has 2 aliphatic heterocycles. The molecule has 2 aliphatic rings. The lowest BCUT2D eigenvalue weighted by Gasteiger charge is -2.32. The van der Waals surface area contributed by atoms with Crippen molar-refractivity contribution >= 4 is 5.82 Å². The lowest BCUT2D eigenvalue weighted by molar-refractivity contribution is -0.0344. The molecule has 0 amide bonds. The Bertz CT molecular complexity index is 476. The molecule has 1 unspecified atom stereocenters. The molecule has 21 heavy (non-hydrogen) atoms. The van der Waals surface area contributed by atoms with Crippen LogP contribution >= 0.6 is 0 Å². The van der Waals surface area contributed by atoms with Gasteiger partial charge >= 0.3 is 0 Å². The van der Waals surface area contributed by atoms with Gasteiger partial charge in [-0.15, -0.1) is 0 Å². The molecule has 1 saturated heterocycles. The lowest BCUT2D eigenvalue weighted by atomic mass is 10.1. The van der Waals surface area contributed by atoms with Crippen LogP contribution in [0.4, 0.5) is 5.82 Å². The molecule has 6 nitrogen and oxygen atoms in total. The number of nitrogens with zero attached hydrogens (tertiary/aromatic N) is 3. The summed E-state index contributed by atoms with van der Waals surface area (Å²) in [6, 6.07) is 0. The zero-order chi connectivity index (χ0) is 14.7. The first-order chi connectivity index (χ1) is 10.3. The Kier molecular flexibility index (Phi) is 4.67. The molecule has 0 saturated carbocycles. The summed E-state index contributed by atoms with van der Waals surface area (Å²) < 4.78 is 11.4. The first kappa shape index (κ1) is 14.7.